The maximum Gasteiger partial charge on any atom is 0.416 e. The second-order valence-corrected chi connectivity index (χ2v) is 12.8. The number of carbonyl (C=O) groups is 2. The standard InChI is InChI=1S/C33H38F6N6O4/c1-19-9-27(10-20(2)45(19)31(47)49-28-7-5-22(6-8-28)29(46)48-4)44(30-40-14-23(15-41-30)24-16-42-43(3)18-24)17-21-11-25(32(34,35)36)13-26(12-21)33(37,38)39/h11-16,18-20,22,27-28H,5-10,17H2,1-4H3/t19-,20+,22?,27?,28?. The summed E-state index contributed by atoms with van der Waals surface area (Å²) in [5.41, 5.74) is -1.70. The summed E-state index contributed by atoms with van der Waals surface area (Å²) in [5.74, 6) is -0.403. The Labute approximate surface area is 279 Å². The number of likely N-dealkylation sites (tertiary alicyclic amines) is 1. The van der Waals surface area contributed by atoms with Crippen molar-refractivity contribution in [2.75, 3.05) is 12.0 Å². The van der Waals surface area contributed by atoms with Crippen LogP contribution < -0.4 is 4.90 Å². The van der Waals surface area contributed by atoms with Crippen LogP contribution >= 0.6 is 0 Å². The molecule has 1 aromatic carbocycles. The Bertz CT molecular complexity index is 1580. The number of alkyl halides is 6. The Morgan fingerprint density at radius 1 is 0.878 bits per heavy atom. The summed E-state index contributed by atoms with van der Waals surface area (Å²) >= 11 is 0. The molecule has 1 aliphatic carbocycles. The first-order chi connectivity index (χ1) is 23.0. The largest absolute Gasteiger partial charge is 0.469 e. The minimum Gasteiger partial charge on any atom is -0.469 e. The van der Waals surface area contributed by atoms with E-state index in [9.17, 15) is 35.9 Å². The van der Waals surface area contributed by atoms with Crippen LogP contribution in [0, 0.1) is 5.92 Å². The highest BCUT2D eigenvalue weighted by Gasteiger charge is 2.41. The summed E-state index contributed by atoms with van der Waals surface area (Å²) in [6.07, 6.45) is -1.75. The van der Waals surface area contributed by atoms with Gasteiger partial charge in [-0.2, -0.15) is 31.4 Å². The number of rotatable bonds is 7. The van der Waals surface area contributed by atoms with Gasteiger partial charge in [0.1, 0.15) is 6.10 Å². The van der Waals surface area contributed by atoms with Gasteiger partial charge >= 0.3 is 24.4 Å². The summed E-state index contributed by atoms with van der Waals surface area (Å²) in [7, 11) is 3.08. The zero-order chi connectivity index (χ0) is 35.7. The number of hydrogen-bond donors (Lipinski definition) is 0. The second kappa shape index (κ2) is 14.2. The minimum absolute atomic E-state index is 0.100. The van der Waals surface area contributed by atoms with Crippen LogP contribution in [0.3, 0.4) is 0 Å². The van der Waals surface area contributed by atoms with Crippen molar-refractivity contribution >= 4 is 18.0 Å². The highest BCUT2D eigenvalue weighted by Crippen LogP contribution is 2.38. The van der Waals surface area contributed by atoms with Gasteiger partial charge in [-0.15, -0.1) is 0 Å². The lowest BCUT2D eigenvalue weighted by Crippen LogP contribution is -2.56. The molecular weight excluding hydrogens is 658 g/mol. The maximum absolute atomic E-state index is 13.7. The fourth-order valence-electron chi connectivity index (χ4n) is 6.81. The minimum atomic E-state index is -5.00. The first kappa shape index (κ1) is 35.9. The lowest BCUT2D eigenvalue weighted by molar-refractivity contribution is -0.147. The van der Waals surface area contributed by atoms with Crippen LogP contribution in [0.1, 0.15) is 69.1 Å². The lowest BCUT2D eigenvalue weighted by Gasteiger charge is -2.46. The normalized spacial score (nSPS) is 23.2. The molecule has 3 atom stereocenters. The van der Waals surface area contributed by atoms with E-state index >= 15 is 0 Å². The van der Waals surface area contributed by atoms with E-state index in [1.54, 1.807) is 33.9 Å². The van der Waals surface area contributed by atoms with E-state index in [1.165, 1.54) is 19.5 Å². The van der Waals surface area contributed by atoms with Crippen LogP contribution in [0.5, 0.6) is 0 Å². The Hall–Kier alpha value is -4.37. The number of benzene rings is 1. The van der Waals surface area contributed by atoms with Crippen molar-refractivity contribution in [1.29, 1.82) is 0 Å². The SMILES string of the molecule is COC(=O)C1CCC(OC(=O)N2[C@H](C)CC(N(Cc3cc(C(F)(F)F)cc(C(F)(F)F)c3)c3ncc(-c4cnn(C)c4)cn3)C[C@@H]2C)CC1. The average Bonchev–Trinajstić information content (AvgIpc) is 3.48. The number of esters is 1. The predicted molar refractivity (Wildman–Crippen MR) is 165 cm³/mol. The second-order valence-electron chi connectivity index (χ2n) is 12.8. The van der Waals surface area contributed by atoms with Crippen LogP contribution in [0.4, 0.5) is 37.1 Å². The number of carbonyl (C=O) groups excluding carboxylic acids is 2. The van der Waals surface area contributed by atoms with Crippen LogP contribution in [-0.2, 0) is 40.2 Å². The van der Waals surface area contributed by atoms with Gasteiger partial charge < -0.3 is 19.3 Å². The van der Waals surface area contributed by atoms with Gasteiger partial charge in [0, 0.05) is 61.4 Å². The van der Waals surface area contributed by atoms with Crippen LogP contribution in [0.15, 0.2) is 43.0 Å². The third kappa shape index (κ3) is 8.44. The van der Waals surface area contributed by atoms with Gasteiger partial charge in [0.2, 0.25) is 5.95 Å². The molecule has 10 nitrogen and oxygen atoms in total. The molecule has 1 saturated heterocycles. The van der Waals surface area contributed by atoms with E-state index < -0.39 is 47.7 Å². The quantitative estimate of drug-likeness (QED) is 0.192. The third-order valence-corrected chi connectivity index (χ3v) is 9.24. The number of hydrogen-bond acceptors (Lipinski definition) is 8. The van der Waals surface area contributed by atoms with Gasteiger partial charge in [-0.1, -0.05) is 0 Å². The molecule has 0 spiro atoms. The van der Waals surface area contributed by atoms with Crippen molar-refractivity contribution in [1.82, 2.24) is 24.6 Å². The van der Waals surface area contributed by atoms with E-state index in [1.807, 2.05) is 13.8 Å². The van der Waals surface area contributed by atoms with Crippen LogP contribution in [-0.4, -0.2) is 68.1 Å². The first-order valence-corrected chi connectivity index (χ1v) is 16.0. The van der Waals surface area contributed by atoms with Crippen molar-refractivity contribution in [3.8, 4) is 11.1 Å². The molecule has 0 radical (unpaired) electrons. The van der Waals surface area contributed by atoms with Gasteiger partial charge in [0.15, 0.2) is 0 Å². The van der Waals surface area contributed by atoms with Crippen LogP contribution in [0.2, 0.25) is 0 Å². The number of nitrogens with zero attached hydrogens (tertiary/aromatic N) is 6. The number of anilines is 1. The number of piperidine rings is 1. The third-order valence-electron chi connectivity index (χ3n) is 9.24. The highest BCUT2D eigenvalue weighted by molar-refractivity contribution is 5.72. The number of amides is 1. The zero-order valence-corrected chi connectivity index (χ0v) is 27.5. The monoisotopic (exact) mass is 696 g/mol. The van der Waals surface area contributed by atoms with E-state index in [4.69, 9.17) is 9.47 Å². The molecule has 2 fully saturated rings. The molecule has 49 heavy (non-hydrogen) atoms. The number of aryl methyl sites for hydroxylation is 1. The van der Waals surface area contributed by atoms with Crippen LogP contribution in [0.25, 0.3) is 11.1 Å². The van der Waals surface area contributed by atoms with Crippen molar-refractivity contribution in [3.63, 3.8) is 0 Å². The fourth-order valence-corrected chi connectivity index (χ4v) is 6.81. The summed E-state index contributed by atoms with van der Waals surface area (Å²) in [6.45, 7) is 3.28. The van der Waals surface area contributed by atoms with E-state index in [0.29, 0.717) is 56.2 Å². The molecule has 0 N–H and O–H groups in total. The lowest BCUT2D eigenvalue weighted by atomic mass is 9.87. The van der Waals surface area contributed by atoms with Crippen molar-refractivity contribution < 1.29 is 45.4 Å². The molecule has 1 aliphatic heterocycles. The average molecular weight is 697 g/mol. The van der Waals surface area contributed by atoms with E-state index in [2.05, 4.69) is 15.1 Å². The molecular formula is C33H38F6N6O4. The zero-order valence-electron chi connectivity index (χ0n) is 27.5. The Morgan fingerprint density at radius 3 is 1.94 bits per heavy atom. The van der Waals surface area contributed by atoms with E-state index in [-0.39, 0.29) is 42.1 Å². The molecule has 16 heteroatoms. The summed E-state index contributed by atoms with van der Waals surface area (Å²) < 4.78 is 94.7. The molecule has 266 valence electrons. The molecule has 2 aliphatic rings. The molecule has 1 saturated carbocycles. The van der Waals surface area contributed by atoms with Gasteiger partial charge in [-0.05, 0) is 76.1 Å². The van der Waals surface area contributed by atoms with Gasteiger partial charge in [-0.25, -0.2) is 14.8 Å². The molecule has 1 unspecified atom stereocenters. The smallest absolute Gasteiger partial charge is 0.416 e. The summed E-state index contributed by atoms with van der Waals surface area (Å²) in [5, 5.41) is 4.13. The Kier molecular flexibility index (Phi) is 10.4. The van der Waals surface area contributed by atoms with Gasteiger partial charge in [0.25, 0.3) is 0 Å². The Morgan fingerprint density at radius 2 is 1.45 bits per heavy atom. The molecule has 3 heterocycles. The number of methoxy groups -OCH3 is 1. The molecule has 3 aromatic rings. The van der Waals surface area contributed by atoms with E-state index in [0.717, 1.165) is 5.56 Å². The molecule has 2 aromatic heterocycles. The number of halogens is 6. The summed E-state index contributed by atoms with van der Waals surface area (Å²) in [6, 6.07) is 0.247. The molecule has 0 bridgehead atoms. The summed E-state index contributed by atoms with van der Waals surface area (Å²) in [4.78, 5) is 37.4. The topological polar surface area (TPSA) is 103 Å². The maximum atomic E-state index is 13.7. The van der Waals surface area contributed by atoms with Crippen molar-refractivity contribution in [3.05, 3.63) is 59.7 Å². The van der Waals surface area contributed by atoms with Gasteiger partial charge in [0.05, 0.1) is 30.4 Å². The van der Waals surface area contributed by atoms with Gasteiger partial charge in [-0.3, -0.25) is 9.48 Å². The fraction of sp³-hybridized carbons (Fsp3) is 0.545. The van der Waals surface area contributed by atoms with Crippen molar-refractivity contribution in [2.45, 2.75) is 95.5 Å². The first-order valence-electron chi connectivity index (χ1n) is 16.0. The number of aromatic nitrogens is 4. The van der Waals surface area contributed by atoms with Crippen molar-refractivity contribution in [2.24, 2.45) is 13.0 Å². The predicted octanol–water partition coefficient (Wildman–Crippen LogP) is 7.03. The Balaban J connectivity index is 1.39. The molecule has 5 rings (SSSR count). The molecule has 1 amide bonds. The number of ether oxygens (including phenoxy) is 2. The highest BCUT2D eigenvalue weighted by atomic mass is 19.4.